The number of aromatic nitrogens is 1. The van der Waals surface area contributed by atoms with E-state index in [4.69, 9.17) is 5.11 Å². The number of hydrogen-bond acceptors (Lipinski definition) is 4. The van der Waals surface area contributed by atoms with Crippen molar-refractivity contribution in [2.45, 2.75) is 20.3 Å². The van der Waals surface area contributed by atoms with Crippen molar-refractivity contribution >= 4 is 5.69 Å². The fourth-order valence-corrected chi connectivity index (χ4v) is 2.59. The van der Waals surface area contributed by atoms with Gasteiger partial charge in [0.1, 0.15) is 0 Å². The predicted octanol–water partition coefficient (Wildman–Crippen LogP) is 1.20. The Hall–Kier alpha value is -1.13. The lowest BCUT2D eigenvalue weighted by atomic mass is 10.2. The third kappa shape index (κ3) is 3.43. The van der Waals surface area contributed by atoms with Crippen LogP contribution < -0.4 is 4.90 Å². The second kappa shape index (κ2) is 6.16. The summed E-state index contributed by atoms with van der Waals surface area (Å²) >= 11 is 0. The molecule has 0 amide bonds. The average molecular weight is 249 g/mol. The summed E-state index contributed by atoms with van der Waals surface area (Å²) in [5, 5.41) is 9.00. The van der Waals surface area contributed by atoms with Crippen molar-refractivity contribution in [1.82, 2.24) is 9.88 Å². The standard InChI is InChI=1S/C14H23N3O/c1-12-10-14(11-13(2)15-12)17-5-3-4-16(6-7-17)8-9-18/h10-11,18H,3-9H2,1-2H3. The van der Waals surface area contributed by atoms with E-state index < -0.39 is 0 Å². The van der Waals surface area contributed by atoms with Gasteiger partial charge in [-0.05, 0) is 38.9 Å². The number of nitrogens with zero attached hydrogens (tertiary/aromatic N) is 3. The number of β-amino-alcohol motifs (C(OH)–C–C–N with tert-alkyl or cyclic N) is 1. The van der Waals surface area contributed by atoms with Crippen molar-refractivity contribution in [3.8, 4) is 0 Å². The molecule has 0 radical (unpaired) electrons. The number of rotatable bonds is 3. The SMILES string of the molecule is Cc1cc(N2CCCN(CCO)CC2)cc(C)n1. The summed E-state index contributed by atoms with van der Waals surface area (Å²) in [4.78, 5) is 9.19. The van der Waals surface area contributed by atoms with Crippen LogP contribution in [0.2, 0.25) is 0 Å². The molecule has 0 spiro atoms. The summed E-state index contributed by atoms with van der Waals surface area (Å²) in [6.07, 6.45) is 1.15. The number of aryl methyl sites for hydroxylation is 2. The van der Waals surface area contributed by atoms with Gasteiger partial charge in [-0.25, -0.2) is 0 Å². The minimum atomic E-state index is 0.257. The zero-order chi connectivity index (χ0) is 13.0. The number of anilines is 1. The van der Waals surface area contributed by atoms with Crippen LogP contribution in [0.1, 0.15) is 17.8 Å². The molecule has 4 nitrogen and oxygen atoms in total. The lowest BCUT2D eigenvalue weighted by molar-refractivity contribution is 0.204. The molecule has 0 atom stereocenters. The van der Waals surface area contributed by atoms with Gasteiger partial charge in [-0.2, -0.15) is 0 Å². The number of hydrogen-bond donors (Lipinski definition) is 1. The summed E-state index contributed by atoms with van der Waals surface area (Å²) in [6.45, 7) is 9.38. The molecule has 1 aromatic rings. The van der Waals surface area contributed by atoms with E-state index in [1.807, 2.05) is 13.8 Å². The molecule has 0 aromatic carbocycles. The molecule has 100 valence electrons. The van der Waals surface area contributed by atoms with Gasteiger partial charge in [-0.1, -0.05) is 0 Å². The summed E-state index contributed by atoms with van der Waals surface area (Å²) in [6, 6.07) is 4.32. The third-order valence-electron chi connectivity index (χ3n) is 3.44. The number of aliphatic hydroxyl groups excluding tert-OH is 1. The maximum absolute atomic E-state index is 9.00. The fraction of sp³-hybridized carbons (Fsp3) is 0.643. The van der Waals surface area contributed by atoms with Crippen molar-refractivity contribution in [3.05, 3.63) is 23.5 Å². The maximum atomic E-state index is 9.00. The van der Waals surface area contributed by atoms with Gasteiger partial charge in [0.2, 0.25) is 0 Å². The lowest BCUT2D eigenvalue weighted by Crippen LogP contribution is -2.32. The molecule has 1 N–H and O–H groups in total. The van der Waals surface area contributed by atoms with E-state index in [9.17, 15) is 0 Å². The van der Waals surface area contributed by atoms with Crippen LogP contribution in [0.5, 0.6) is 0 Å². The van der Waals surface area contributed by atoms with Crippen molar-refractivity contribution in [2.75, 3.05) is 44.2 Å². The minimum Gasteiger partial charge on any atom is -0.395 e. The summed E-state index contributed by atoms with van der Waals surface area (Å²) in [5.74, 6) is 0. The van der Waals surface area contributed by atoms with E-state index in [2.05, 4.69) is 26.9 Å². The zero-order valence-corrected chi connectivity index (χ0v) is 11.4. The van der Waals surface area contributed by atoms with Gasteiger partial charge in [0.25, 0.3) is 0 Å². The van der Waals surface area contributed by atoms with Crippen molar-refractivity contribution in [3.63, 3.8) is 0 Å². The van der Waals surface area contributed by atoms with Gasteiger partial charge in [-0.15, -0.1) is 0 Å². The third-order valence-corrected chi connectivity index (χ3v) is 3.44. The Morgan fingerprint density at radius 2 is 1.83 bits per heavy atom. The van der Waals surface area contributed by atoms with Crippen LogP contribution in [0.25, 0.3) is 0 Å². The van der Waals surface area contributed by atoms with Crippen LogP contribution in [0, 0.1) is 13.8 Å². The van der Waals surface area contributed by atoms with Crippen LogP contribution >= 0.6 is 0 Å². The highest BCUT2D eigenvalue weighted by Crippen LogP contribution is 2.18. The molecule has 0 bridgehead atoms. The summed E-state index contributed by atoms with van der Waals surface area (Å²) < 4.78 is 0. The van der Waals surface area contributed by atoms with E-state index in [0.717, 1.165) is 50.5 Å². The molecule has 1 aliphatic heterocycles. The molecule has 2 heterocycles. The first-order valence-electron chi connectivity index (χ1n) is 6.72. The van der Waals surface area contributed by atoms with Crippen LogP contribution in [0.3, 0.4) is 0 Å². The Morgan fingerprint density at radius 1 is 1.11 bits per heavy atom. The maximum Gasteiger partial charge on any atom is 0.0558 e. The Morgan fingerprint density at radius 3 is 2.50 bits per heavy atom. The fourth-order valence-electron chi connectivity index (χ4n) is 2.59. The monoisotopic (exact) mass is 249 g/mol. The molecule has 1 saturated heterocycles. The summed E-state index contributed by atoms with van der Waals surface area (Å²) in [5.41, 5.74) is 3.45. The van der Waals surface area contributed by atoms with Gasteiger partial charge >= 0.3 is 0 Å². The van der Waals surface area contributed by atoms with Gasteiger partial charge in [0.05, 0.1) is 6.61 Å². The lowest BCUT2D eigenvalue weighted by Gasteiger charge is -2.24. The van der Waals surface area contributed by atoms with Gasteiger partial charge < -0.3 is 10.0 Å². The Labute approximate surface area is 109 Å². The minimum absolute atomic E-state index is 0.257. The average Bonchev–Trinajstić information content (AvgIpc) is 2.54. The molecule has 2 rings (SSSR count). The molecule has 1 fully saturated rings. The van der Waals surface area contributed by atoms with Crippen LogP contribution in [0.15, 0.2) is 12.1 Å². The second-order valence-electron chi connectivity index (χ2n) is 5.01. The van der Waals surface area contributed by atoms with E-state index in [1.54, 1.807) is 0 Å². The Kier molecular flexibility index (Phi) is 4.55. The molecule has 0 unspecified atom stereocenters. The quantitative estimate of drug-likeness (QED) is 0.874. The highest BCUT2D eigenvalue weighted by Gasteiger charge is 2.15. The highest BCUT2D eigenvalue weighted by atomic mass is 16.3. The Bertz CT molecular complexity index is 374. The van der Waals surface area contributed by atoms with E-state index in [1.165, 1.54) is 5.69 Å². The molecule has 1 aromatic heterocycles. The van der Waals surface area contributed by atoms with Crippen molar-refractivity contribution in [1.29, 1.82) is 0 Å². The van der Waals surface area contributed by atoms with Crippen LogP contribution in [-0.2, 0) is 0 Å². The highest BCUT2D eigenvalue weighted by molar-refractivity contribution is 5.48. The summed E-state index contributed by atoms with van der Waals surface area (Å²) in [7, 11) is 0. The topological polar surface area (TPSA) is 39.6 Å². The second-order valence-corrected chi connectivity index (χ2v) is 5.01. The molecule has 0 aliphatic carbocycles. The molecule has 1 aliphatic rings. The first-order valence-corrected chi connectivity index (χ1v) is 6.72. The largest absolute Gasteiger partial charge is 0.395 e. The van der Waals surface area contributed by atoms with Crippen molar-refractivity contribution < 1.29 is 5.11 Å². The van der Waals surface area contributed by atoms with E-state index >= 15 is 0 Å². The zero-order valence-electron chi connectivity index (χ0n) is 11.4. The van der Waals surface area contributed by atoms with Crippen LogP contribution in [-0.4, -0.2) is 54.3 Å². The van der Waals surface area contributed by atoms with Crippen molar-refractivity contribution in [2.24, 2.45) is 0 Å². The molecule has 0 saturated carbocycles. The van der Waals surface area contributed by atoms with Crippen LogP contribution in [0.4, 0.5) is 5.69 Å². The number of pyridine rings is 1. The Balaban J connectivity index is 2.05. The van der Waals surface area contributed by atoms with Gasteiger partial charge in [-0.3, -0.25) is 9.88 Å². The van der Waals surface area contributed by atoms with Gasteiger partial charge in [0.15, 0.2) is 0 Å². The predicted molar refractivity (Wildman–Crippen MR) is 74.1 cm³/mol. The molecule has 18 heavy (non-hydrogen) atoms. The number of aliphatic hydroxyl groups is 1. The smallest absolute Gasteiger partial charge is 0.0558 e. The van der Waals surface area contributed by atoms with Gasteiger partial charge in [0, 0.05) is 43.3 Å². The molecular weight excluding hydrogens is 226 g/mol. The van der Waals surface area contributed by atoms with E-state index in [-0.39, 0.29) is 6.61 Å². The normalized spacial score (nSPS) is 17.8. The first-order chi connectivity index (χ1) is 8.69. The van der Waals surface area contributed by atoms with E-state index in [0.29, 0.717) is 0 Å². The first kappa shape index (κ1) is 13.3. The molecular formula is C14H23N3O. The molecule has 4 heteroatoms.